The van der Waals surface area contributed by atoms with Gasteiger partial charge in [-0.25, -0.2) is 4.39 Å². The van der Waals surface area contributed by atoms with E-state index in [0.717, 1.165) is 28.5 Å². The van der Waals surface area contributed by atoms with Crippen molar-refractivity contribution in [1.29, 1.82) is 0 Å². The number of halogens is 2. The first-order valence-electron chi connectivity index (χ1n) is 5.62. The van der Waals surface area contributed by atoms with E-state index in [9.17, 15) is 4.39 Å². The number of hydrogen-bond acceptors (Lipinski definition) is 2. The van der Waals surface area contributed by atoms with Gasteiger partial charge in [0.25, 0.3) is 0 Å². The van der Waals surface area contributed by atoms with Gasteiger partial charge >= 0.3 is 0 Å². The Bertz CT molecular complexity index is 370. The molecule has 4 heteroatoms. The van der Waals surface area contributed by atoms with Crippen LogP contribution in [0.5, 0.6) is 0 Å². The molecule has 0 amide bonds. The molecular weight excluding hydrogens is 318 g/mol. The quantitative estimate of drug-likeness (QED) is 0.816. The molecule has 1 aliphatic carbocycles. The summed E-state index contributed by atoms with van der Waals surface area (Å²) in [6.45, 7) is 0. The molecule has 0 spiro atoms. The second-order valence-corrected chi connectivity index (χ2v) is 5.55. The maximum absolute atomic E-state index is 12.9. The van der Waals surface area contributed by atoms with Gasteiger partial charge in [0.05, 0.1) is 0 Å². The van der Waals surface area contributed by atoms with Crippen molar-refractivity contribution in [2.45, 2.75) is 37.8 Å². The van der Waals surface area contributed by atoms with E-state index in [2.05, 4.69) is 27.9 Å². The van der Waals surface area contributed by atoms with E-state index >= 15 is 0 Å². The molecule has 0 heterocycles. The summed E-state index contributed by atoms with van der Waals surface area (Å²) in [5, 5.41) is 3.45. The molecule has 0 saturated heterocycles. The first-order valence-corrected chi connectivity index (χ1v) is 6.70. The SMILES string of the molecule is NC1CCCC(Nc2ccc(F)cc2I)C1. The molecule has 0 aliphatic heterocycles. The highest BCUT2D eigenvalue weighted by atomic mass is 127. The largest absolute Gasteiger partial charge is 0.381 e. The van der Waals surface area contributed by atoms with Gasteiger partial charge in [-0.2, -0.15) is 0 Å². The van der Waals surface area contributed by atoms with Crippen LogP contribution in [0.15, 0.2) is 18.2 Å². The third kappa shape index (κ3) is 3.07. The zero-order valence-electron chi connectivity index (χ0n) is 9.05. The van der Waals surface area contributed by atoms with E-state index in [1.54, 1.807) is 12.1 Å². The normalized spacial score (nSPS) is 25.4. The van der Waals surface area contributed by atoms with Crippen molar-refractivity contribution in [1.82, 2.24) is 0 Å². The molecule has 0 bridgehead atoms. The van der Waals surface area contributed by atoms with Gasteiger partial charge in [-0.15, -0.1) is 0 Å². The molecule has 1 aromatic carbocycles. The average molecular weight is 334 g/mol. The van der Waals surface area contributed by atoms with Crippen molar-refractivity contribution < 1.29 is 4.39 Å². The Morgan fingerprint density at radius 3 is 2.88 bits per heavy atom. The van der Waals surface area contributed by atoms with Crippen LogP contribution in [0.3, 0.4) is 0 Å². The lowest BCUT2D eigenvalue weighted by molar-refractivity contribution is 0.409. The van der Waals surface area contributed by atoms with Crippen LogP contribution in [0, 0.1) is 9.39 Å². The van der Waals surface area contributed by atoms with Crippen molar-refractivity contribution in [3.05, 3.63) is 27.6 Å². The standard InChI is InChI=1S/C12H16FIN2/c13-8-4-5-12(11(14)6-8)16-10-3-1-2-9(15)7-10/h4-6,9-10,16H,1-3,7,15H2. The van der Waals surface area contributed by atoms with Crippen LogP contribution in [0.2, 0.25) is 0 Å². The van der Waals surface area contributed by atoms with Crippen molar-refractivity contribution in [2.24, 2.45) is 5.73 Å². The van der Waals surface area contributed by atoms with E-state index in [1.807, 2.05) is 0 Å². The fourth-order valence-electron chi connectivity index (χ4n) is 2.19. The van der Waals surface area contributed by atoms with Crippen molar-refractivity contribution in [3.63, 3.8) is 0 Å². The first kappa shape index (κ1) is 12.1. The smallest absolute Gasteiger partial charge is 0.124 e. The summed E-state index contributed by atoms with van der Waals surface area (Å²) in [6, 6.07) is 5.59. The number of hydrogen-bond donors (Lipinski definition) is 2. The summed E-state index contributed by atoms with van der Waals surface area (Å²) in [4.78, 5) is 0. The van der Waals surface area contributed by atoms with Crippen molar-refractivity contribution in [3.8, 4) is 0 Å². The lowest BCUT2D eigenvalue weighted by Crippen LogP contribution is -2.35. The van der Waals surface area contributed by atoms with E-state index < -0.39 is 0 Å². The van der Waals surface area contributed by atoms with Gasteiger partial charge < -0.3 is 11.1 Å². The predicted octanol–water partition coefficient (Wildman–Crippen LogP) is 3.11. The van der Waals surface area contributed by atoms with Gasteiger partial charge in [0.2, 0.25) is 0 Å². The summed E-state index contributed by atoms with van der Waals surface area (Å²) in [6.07, 6.45) is 4.46. The van der Waals surface area contributed by atoms with Gasteiger partial charge in [-0.05, 0) is 66.5 Å². The highest BCUT2D eigenvalue weighted by molar-refractivity contribution is 14.1. The molecular formula is C12H16FIN2. The number of nitrogens with one attached hydrogen (secondary N) is 1. The maximum Gasteiger partial charge on any atom is 0.124 e. The van der Waals surface area contributed by atoms with Gasteiger partial charge in [-0.3, -0.25) is 0 Å². The highest BCUT2D eigenvalue weighted by Crippen LogP contribution is 2.24. The fraction of sp³-hybridized carbons (Fsp3) is 0.500. The summed E-state index contributed by atoms with van der Waals surface area (Å²) >= 11 is 2.15. The molecule has 1 aliphatic rings. The number of benzene rings is 1. The molecule has 2 unspecified atom stereocenters. The van der Waals surface area contributed by atoms with Crippen molar-refractivity contribution >= 4 is 28.3 Å². The van der Waals surface area contributed by atoms with Crippen LogP contribution in [-0.4, -0.2) is 12.1 Å². The van der Waals surface area contributed by atoms with E-state index in [0.29, 0.717) is 12.1 Å². The molecule has 2 nitrogen and oxygen atoms in total. The molecule has 2 atom stereocenters. The molecule has 1 aromatic rings. The average Bonchev–Trinajstić information content (AvgIpc) is 2.22. The third-order valence-electron chi connectivity index (χ3n) is 3.01. The molecule has 88 valence electrons. The van der Waals surface area contributed by atoms with Crippen LogP contribution in [0.1, 0.15) is 25.7 Å². The fourth-order valence-corrected chi connectivity index (χ4v) is 2.82. The molecule has 1 fully saturated rings. The van der Waals surface area contributed by atoms with Crippen LogP contribution < -0.4 is 11.1 Å². The number of rotatable bonds is 2. The summed E-state index contributed by atoms with van der Waals surface area (Å²) in [5.41, 5.74) is 6.95. The zero-order chi connectivity index (χ0) is 11.5. The highest BCUT2D eigenvalue weighted by Gasteiger charge is 2.19. The molecule has 0 aromatic heterocycles. The predicted molar refractivity (Wildman–Crippen MR) is 73.0 cm³/mol. The molecule has 3 N–H and O–H groups in total. The minimum Gasteiger partial charge on any atom is -0.381 e. The molecule has 2 rings (SSSR count). The summed E-state index contributed by atoms with van der Waals surface area (Å²) < 4.78 is 13.9. The Labute approximate surface area is 109 Å². The Morgan fingerprint density at radius 2 is 2.19 bits per heavy atom. The van der Waals surface area contributed by atoms with E-state index in [4.69, 9.17) is 5.73 Å². The van der Waals surface area contributed by atoms with Gasteiger partial charge in [0.1, 0.15) is 5.82 Å². The minimum absolute atomic E-state index is 0.185. The number of nitrogens with two attached hydrogens (primary N) is 1. The van der Waals surface area contributed by atoms with Crippen molar-refractivity contribution in [2.75, 3.05) is 5.32 Å². The minimum atomic E-state index is -0.185. The monoisotopic (exact) mass is 334 g/mol. The first-order chi connectivity index (χ1) is 7.65. The number of anilines is 1. The molecule has 0 radical (unpaired) electrons. The maximum atomic E-state index is 12.9. The third-order valence-corrected chi connectivity index (χ3v) is 3.90. The Hall–Kier alpha value is -0.360. The van der Waals surface area contributed by atoms with Crippen LogP contribution in [0.25, 0.3) is 0 Å². The second-order valence-electron chi connectivity index (χ2n) is 4.39. The van der Waals surface area contributed by atoms with Gasteiger partial charge in [-0.1, -0.05) is 0 Å². The Morgan fingerprint density at radius 1 is 1.38 bits per heavy atom. The topological polar surface area (TPSA) is 38.0 Å². The van der Waals surface area contributed by atoms with Crippen LogP contribution in [0.4, 0.5) is 10.1 Å². The Kier molecular flexibility index (Phi) is 4.02. The van der Waals surface area contributed by atoms with E-state index in [1.165, 1.54) is 12.5 Å². The summed E-state index contributed by atoms with van der Waals surface area (Å²) in [7, 11) is 0. The molecule has 1 saturated carbocycles. The van der Waals surface area contributed by atoms with Gasteiger partial charge in [0, 0.05) is 21.3 Å². The lowest BCUT2D eigenvalue weighted by atomic mass is 9.91. The second kappa shape index (κ2) is 5.31. The van der Waals surface area contributed by atoms with E-state index in [-0.39, 0.29) is 5.82 Å². The van der Waals surface area contributed by atoms with Crippen LogP contribution in [-0.2, 0) is 0 Å². The van der Waals surface area contributed by atoms with Gasteiger partial charge in [0.15, 0.2) is 0 Å². The van der Waals surface area contributed by atoms with Crippen LogP contribution >= 0.6 is 22.6 Å². The zero-order valence-corrected chi connectivity index (χ0v) is 11.2. The molecule has 16 heavy (non-hydrogen) atoms. The Balaban J connectivity index is 2.02. The lowest BCUT2D eigenvalue weighted by Gasteiger charge is -2.28. The summed E-state index contributed by atoms with van der Waals surface area (Å²) in [5.74, 6) is -0.185.